The molecule has 5 nitrogen and oxygen atoms in total. The maximum absolute atomic E-state index is 12.9. The van der Waals surface area contributed by atoms with Gasteiger partial charge in [-0.2, -0.15) is 18.3 Å². The van der Waals surface area contributed by atoms with Crippen molar-refractivity contribution < 1.29 is 27.1 Å². The molecule has 110 valence electrons. The molecular formula is C10H9F5N4O. The molecule has 0 amide bonds. The van der Waals surface area contributed by atoms with Crippen LogP contribution in [0.15, 0.2) is 18.5 Å². The van der Waals surface area contributed by atoms with Gasteiger partial charge in [-0.15, -0.1) is 0 Å². The van der Waals surface area contributed by atoms with Gasteiger partial charge in [-0.05, 0) is 0 Å². The second-order valence-electron chi connectivity index (χ2n) is 4.00. The SMILES string of the molecule is OCC(F)(F)CNc1nccn2nc(C(F)(F)F)cc12. The van der Waals surface area contributed by atoms with E-state index in [1.165, 1.54) is 6.20 Å². The summed E-state index contributed by atoms with van der Waals surface area (Å²) in [6.07, 6.45) is -2.35. The number of aliphatic hydroxyl groups excluding tert-OH is 1. The molecule has 20 heavy (non-hydrogen) atoms. The molecule has 0 spiro atoms. The van der Waals surface area contributed by atoms with Crippen molar-refractivity contribution >= 4 is 11.3 Å². The first kappa shape index (κ1) is 14.4. The van der Waals surface area contributed by atoms with Crippen molar-refractivity contribution in [2.75, 3.05) is 18.5 Å². The molecular weight excluding hydrogens is 287 g/mol. The first-order valence-electron chi connectivity index (χ1n) is 5.37. The zero-order valence-corrected chi connectivity index (χ0v) is 9.82. The van der Waals surface area contributed by atoms with Gasteiger partial charge in [0.05, 0.1) is 6.54 Å². The molecule has 2 N–H and O–H groups in total. The molecule has 0 atom stereocenters. The van der Waals surface area contributed by atoms with E-state index in [1.54, 1.807) is 0 Å². The monoisotopic (exact) mass is 296 g/mol. The first-order chi connectivity index (χ1) is 9.23. The summed E-state index contributed by atoms with van der Waals surface area (Å²) in [6, 6.07) is 0.701. The number of hydrogen-bond donors (Lipinski definition) is 2. The van der Waals surface area contributed by atoms with Gasteiger partial charge < -0.3 is 10.4 Å². The van der Waals surface area contributed by atoms with Crippen molar-refractivity contribution in [3.63, 3.8) is 0 Å². The molecule has 0 aliphatic heterocycles. The highest BCUT2D eigenvalue weighted by molar-refractivity contribution is 5.68. The quantitative estimate of drug-likeness (QED) is 0.844. The van der Waals surface area contributed by atoms with Gasteiger partial charge >= 0.3 is 6.18 Å². The smallest absolute Gasteiger partial charge is 0.390 e. The number of halogens is 5. The lowest BCUT2D eigenvalue weighted by molar-refractivity contribution is -0.141. The van der Waals surface area contributed by atoms with E-state index in [2.05, 4.69) is 15.4 Å². The largest absolute Gasteiger partial charge is 0.435 e. The Bertz CT molecular complexity index is 609. The molecule has 0 saturated carbocycles. The van der Waals surface area contributed by atoms with Crippen LogP contribution in [0.5, 0.6) is 0 Å². The summed E-state index contributed by atoms with van der Waals surface area (Å²) in [4.78, 5) is 3.69. The van der Waals surface area contributed by atoms with Crippen LogP contribution < -0.4 is 5.32 Å². The van der Waals surface area contributed by atoms with Gasteiger partial charge in [0.25, 0.3) is 5.92 Å². The van der Waals surface area contributed by atoms with E-state index in [-0.39, 0.29) is 11.3 Å². The standard InChI is InChI=1S/C10H9F5N4O/c11-9(12,5-20)4-17-8-6-3-7(10(13,14)15)18-19(6)2-1-16-8/h1-3,20H,4-5H2,(H,16,17). The molecule has 0 bridgehead atoms. The van der Waals surface area contributed by atoms with Crippen LogP contribution in [0.3, 0.4) is 0 Å². The Morgan fingerprint density at radius 2 is 1.95 bits per heavy atom. The molecule has 2 aromatic heterocycles. The van der Waals surface area contributed by atoms with Gasteiger partial charge in [0.2, 0.25) is 0 Å². The minimum atomic E-state index is -4.64. The van der Waals surface area contributed by atoms with Gasteiger partial charge in [-0.1, -0.05) is 0 Å². The number of rotatable bonds is 4. The van der Waals surface area contributed by atoms with Crippen molar-refractivity contribution in [2.45, 2.75) is 12.1 Å². The van der Waals surface area contributed by atoms with Crippen molar-refractivity contribution in [1.29, 1.82) is 0 Å². The number of hydrogen-bond acceptors (Lipinski definition) is 4. The molecule has 0 radical (unpaired) electrons. The van der Waals surface area contributed by atoms with E-state index in [0.717, 1.165) is 10.7 Å². The average molecular weight is 296 g/mol. The molecule has 0 aromatic carbocycles. The summed E-state index contributed by atoms with van der Waals surface area (Å²) >= 11 is 0. The number of aromatic nitrogens is 3. The minimum absolute atomic E-state index is 0.0893. The van der Waals surface area contributed by atoms with E-state index >= 15 is 0 Å². The predicted octanol–water partition coefficient (Wildman–Crippen LogP) is 1.79. The van der Waals surface area contributed by atoms with E-state index in [0.29, 0.717) is 6.07 Å². The molecule has 2 heterocycles. The third-order valence-corrected chi connectivity index (χ3v) is 2.43. The number of fused-ring (bicyclic) bond motifs is 1. The van der Waals surface area contributed by atoms with Gasteiger partial charge in [0.15, 0.2) is 11.5 Å². The summed E-state index contributed by atoms with van der Waals surface area (Å²) in [5.41, 5.74) is -1.24. The second kappa shape index (κ2) is 4.85. The average Bonchev–Trinajstić information content (AvgIpc) is 2.80. The van der Waals surface area contributed by atoms with E-state index in [9.17, 15) is 22.0 Å². The summed E-state index contributed by atoms with van der Waals surface area (Å²) in [6.45, 7) is -2.33. The van der Waals surface area contributed by atoms with Crippen LogP contribution >= 0.6 is 0 Å². The van der Waals surface area contributed by atoms with Crippen LogP contribution in [-0.4, -0.2) is 38.8 Å². The third-order valence-electron chi connectivity index (χ3n) is 2.43. The Balaban J connectivity index is 2.32. The fourth-order valence-corrected chi connectivity index (χ4v) is 1.47. The Kier molecular flexibility index (Phi) is 3.50. The van der Waals surface area contributed by atoms with Crippen LogP contribution in [0.1, 0.15) is 5.69 Å². The zero-order valence-electron chi connectivity index (χ0n) is 9.82. The van der Waals surface area contributed by atoms with E-state index < -0.39 is 30.9 Å². The highest BCUT2D eigenvalue weighted by Crippen LogP contribution is 2.30. The molecule has 2 aromatic rings. The van der Waals surface area contributed by atoms with Crippen LogP contribution in [0, 0.1) is 0 Å². The topological polar surface area (TPSA) is 62.5 Å². The highest BCUT2D eigenvalue weighted by Gasteiger charge is 2.34. The van der Waals surface area contributed by atoms with Crippen molar-refractivity contribution in [2.24, 2.45) is 0 Å². The Labute approximate surface area is 109 Å². The summed E-state index contributed by atoms with van der Waals surface area (Å²) in [7, 11) is 0. The number of nitrogens with one attached hydrogen (secondary N) is 1. The normalized spacial score (nSPS) is 12.9. The molecule has 2 rings (SSSR count). The van der Waals surface area contributed by atoms with Gasteiger partial charge in [0.1, 0.15) is 12.1 Å². The van der Waals surface area contributed by atoms with Crippen molar-refractivity contribution in [3.05, 3.63) is 24.2 Å². The highest BCUT2D eigenvalue weighted by atomic mass is 19.4. The number of nitrogens with zero attached hydrogens (tertiary/aromatic N) is 3. The van der Waals surface area contributed by atoms with Crippen molar-refractivity contribution in [1.82, 2.24) is 14.6 Å². The fourth-order valence-electron chi connectivity index (χ4n) is 1.47. The van der Waals surface area contributed by atoms with Crippen LogP contribution in [0.4, 0.5) is 27.8 Å². The number of aliphatic hydroxyl groups is 1. The molecule has 0 aliphatic rings. The summed E-state index contributed by atoms with van der Waals surface area (Å²) < 4.78 is 64.2. The van der Waals surface area contributed by atoms with Crippen molar-refractivity contribution in [3.8, 4) is 0 Å². The van der Waals surface area contributed by atoms with E-state index in [4.69, 9.17) is 5.11 Å². The van der Waals surface area contributed by atoms with Gasteiger partial charge in [-0.3, -0.25) is 0 Å². The second-order valence-corrected chi connectivity index (χ2v) is 4.00. The zero-order chi connectivity index (χ0) is 15.0. The van der Waals surface area contributed by atoms with E-state index in [1.807, 2.05) is 0 Å². The summed E-state index contributed by atoms with van der Waals surface area (Å²) in [5.74, 6) is -3.58. The third kappa shape index (κ3) is 2.95. The number of alkyl halides is 5. The van der Waals surface area contributed by atoms with Gasteiger partial charge in [0, 0.05) is 18.5 Å². The Hall–Kier alpha value is -1.97. The number of anilines is 1. The lowest BCUT2D eigenvalue weighted by Crippen LogP contribution is -2.31. The molecule has 0 fully saturated rings. The summed E-state index contributed by atoms with van der Waals surface area (Å²) in [5, 5.41) is 13.9. The fraction of sp³-hybridized carbons (Fsp3) is 0.400. The van der Waals surface area contributed by atoms with Crippen LogP contribution in [0.2, 0.25) is 0 Å². The Morgan fingerprint density at radius 1 is 1.25 bits per heavy atom. The molecule has 0 unspecified atom stereocenters. The molecule has 10 heteroatoms. The van der Waals surface area contributed by atoms with Crippen LogP contribution in [0.25, 0.3) is 5.52 Å². The maximum atomic E-state index is 12.9. The van der Waals surface area contributed by atoms with Gasteiger partial charge in [-0.25, -0.2) is 18.3 Å². The lowest BCUT2D eigenvalue weighted by Gasteiger charge is -2.14. The predicted molar refractivity (Wildman–Crippen MR) is 58.5 cm³/mol. The maximum Gasteiger partial charge on any atom is 0.435 e. The Morgan fingerprint density at radius 3 is 2.55 bits per heavy atom. The first-order valence-corrected chi connectivity index (χ1v) is 5.37. The molecule has 0 aliphatic carbocycles. The minimum Gasteiger partial charge on any atom is -0.390 e. The van der Waals surface area contributed by atoms with Crippen LogP contribution in [-0.2, 0) is 6.18 Å². The lowest BCUT2D eigenvalue weighted by atomic mass is 10.3. The molecule has 0 saturated heterocycles.